The lowest BCUT2D eigenvalue weighted by molar-refractivity contribution is -0.394. The van der Waals surface area contributed by atoms with Gasteiger partial charge in [0.05, 0.1) is 21.5 Å². The van der Waals surface area contributed by atoms with Gasteiger partial charge in [0.2, 0.25) is 0 Å². The molecule has 0 spiro atoms. The fourth-order valence-electron chi connectivity index (χ4n) is 2.41. The Bertz CT molecular complexity index is 841. The summed E-state index contributed by atoms with van der Waals surface area (Å²) in [5, 5.41) is 24.8. The molecule has 0 fully saturated rings. The van der Waals surface area contributed by atoms with E-state index in [-0.39, 0.29) is 11.1 Å². The predicted molar refractivity (Wildman–Crippen MR) is 88.4 cm³/mol. The lowest BCUT2D eigenvalue weighted by atomic mass is 10.0. The molecule has 1 N–H and O–H groups in total. The van der Waals surface area contributed by atoms with Crippen LogP contribution in [0.3, 0.4) is 0 Å². The van der Waals surface area contributed by atoms with Gasteiger partial charge in [-0.1, -0.05) is 18.2 Å². The van der Waals surface area contributed by atoms with Crippen molar-refractivity contribution in [2.24, 2.45) is 0 Å². The van der Waals surface area contributed by atoms with Crippen LogP contribution in [-0.4, -0.2) is 15.8 Å². The number of hydrogen-bond donors (Lipinski definition) is 1. The maximum Gasteiger partial charge on any atom is 0.279 e. The normalized spacial score (nSPS) is 10.3. The minimum atomic E-state index is -0.762. The quantitative estimate of drug-likeness (QED) is 0.678. The Kier molecular flexibility index (Phi) is 4.59. The number of nitro benzene ring substituents is 2. The fourth-order valence-corrected chi connectivity index (χ4v) is 2.41. The van der Waals surface area contributed by atoms with Gasteiger partial charge in [0.1, 0.15) is 0 Å². The number of aryl methyl sites for hydroxylation is 2. The zero-order valence-corrected chi connectivity index (χ0v) is 13.3. The highest BCUT2D eigenvalue weighted by Crippen LogP contribution is 2.29. The van der Waals surface area contributed by atoms with Crippen LogP contribution in [-0.2, 0) is 0 Å². The molecule has 0 atom stereocenters. The van der Waals surface area contributed by atoms with Crippen molar-refractivity contribution < 1.29 is 14.6 Å². The molecular formula is C16H15N3O5. The molecule has 2 aromatic rings. The molecule has 0 radical (unpaired) electrons. The topological polar surface area (TPSA) is 115 Å². The Balaban J connectivity index is 2.53. The smallest absolute Gasteiger partial charge is 0.279 e. The van der Waals surface area contributed by atoms with Gasteiger partial charge in [0.15, 0.2) is 0 Å². The van der Waals surface area contributed by atoms with E-state index in [1.54, 1.807) is 0 Å². The van der Waals surface area contributed by atoms with Gasteiger partial charge >= 0.3 is 0 Å². The Morgan fingerprint density at radius 3 is 2.08 bits per heavy atom. The SMILES string of the molecule is Cc1cccc(C)c1NC(=O)c1cc([N+](=O)[O-])cc([N+](=O)[O-])c1C. The number of para-hydroxylation sites is 1. The largest absolute Gasteiger partial charge is 0.321 e. The van der Waals surface area contributed by atoms with Crippen LogP contribution in [0.1, 0.15) is 27.0 Å². The summed E-state index contributed by atoms with van der Waals surface area (Å²) in [5.41, 5.74) is 1.24. The van der Waals surface area contributed by atoms with Crippen molar-refractivity contribution in [2.45, 2.75) is 20.8 Å². The van der Waals surface area contributed by atoms with Gasteiger partial charge in [0.25, 0.3) is 17.3 Å². The van der Waals surface area contributed by atoms with Gasteiger partial charge in [-0.05, 0) is 31.9 Å². The summed E-state index contributed by atoms with van der Waals surface area (Å²) in [6, 6.07) is 7.36. The molecule has 0 bridgehead atoms. The lowest BCUT2D eigenvalue weighted by Gasteiger charge is -2.12. The highest BCUT2D eigenvalue weighted by Gasteiger charge is 2.25. The highest BCUT2D eigenvalue weighted by atomic mass is 16.6. The number of nitro groups is 2. The van der Waals surface area contributed by atoms with Crippen LogP contribution in [0.15, 0.2) is 30.3 Å². The van der Waals surface area contributed by atoms with E-state index in [9.17, 15) is 25.0 Å². The fraction of sp³-hybridized carbons (Fsp3) is 0.188. The van der Waals surface area contributed by atoms with E-state index in [0.717, 1.165) is 23.3 Å². The number of carbonyl (C=O) groups excluding carboxylic acids is 1. The first-order valence-electron chi connectivity index (χ1n) is 7.03. The third-order valence-corrected chi connectivity index (χ3v) is 3.74. The van der Waals surface area contributed by atoms with Crippen molar-refractivity contribution in [3.8, 4) is 0 Å². The van der Waals surface area contributed by atoms with E-state index in [2.05, 4.69) is 5.32 Å². The summed E-state index contributed by atoms with van der Waals surface area (Å²) < 4.78 is 0. The molecule has 0 heterocycles. The average molecular weight is 329 g/mol. The predicted octanol–water partition coefficient (Wildman–Crippen LogP) is 3.68. The first kappa shape index (κ1) is 17.1. The lowest BCUT2D eigenvalue weighted by Crippen LogP contribution is -2.16. The van der Waals surface area contributed by atoms with Gasteiger partial charge in [-0.3, -0.25) is 25.0 Å². The summed E-state index contributed by atoms with van der Waals surface area (Å²) >= 11 is 0. The molecule has 0 saturated heterocycles. The second-order valence-corrected chi connectivity index (χ2v) is 5.37. The number of non-ortho nitro benzene ring substituents is 1. The van der Waals surface area contributed by atoms with Gasteiger partial charge < -0.3 is 5.32 Å². The van der Waals surface area contributed by atoms with Crippen molar-refractivity contribution in [1.82, 2.24) is 0 Å². The first-order chi connectivity index (χ1) is 11.2. The van der Waals surface area contributed by atoms with Crippen LogP contribution in [0.4, 0.5) is 17.1 Å². The molecule has 0 saturated carbocycles. The van der Waals surface area contributed by atoms with E-state index < -0.39 is 27.1 Å². The van der Waals surface area contributed by atoms with Crippen LogP contribution in [0.25, 0.3) is 0 Å². The second kappa shape index (κ2) is 6.45. The number of amides is 1. The first-order valence-corrected chi connectivity index (χ1v) is 7.03. The number of benzene rings is 2. The summed E-state index contributed by atoms with van der Waals surface area (Å²) in [6.07, 6.45) is 0. The molecule has 124 valence electrons. The van der Waals surface area contributed by atoms with Gasteiger partial charge in [0, 0.05) is 17.3 Å². The average Bonchev–Trinajstić information content (AvgIpc) is 2.50. The molecule has 0 aliphatic rings. The Hall–Kier alpha value is -3.29. The third kappa shape index (κ3) is 3.22. The molecular weight excluding hydrogens is 314 g/mol. The summed E-state index contributed by atoms with van der Waals surface area (Å²) in [7, 11) is 0. The van der Waals surface area contributed by atoms with Crippen molar-refractivity contribution in [1.29, 1.82) is 0 Å². The number of carbonyl (C=O) groups is 1. The molecule has 0 aliphatic carbocycles. The molecule has 0 aliphatic heterocycles. The van der Waals surface area contributed by atoms with E-state index >= 15 is 0 Å². The standard InChI is InChI=1S/C16H15N3O5/c1-9-5-4-6-10(2)15(9)17-16(20)13-7-12(18(21)22)8-14(11(13)3)19(23)24/h4-8H,1-3H3,(H,17,20). The van der Waals surface area contributed by atoms with Crippen molar-refractivity contribution in [3.05, 3.63) is 72.8 Å². The monoisotopic (exact) mass is 329 g/mol. The molecule has 8 heteroatoms. The number of hydrogen-bond acceptors (Lipinski definition) is 5. The van der Waals surface area contributed by atoms with Gasteiger partial charge in [-0.15, -0.1) is 0 Å². The van der Waals surface area contributed by atoms with Crippen molar-refractivity contribution >= 4 is 23.0 Å². The van der Waals surface area contributed by atoms with Crippen LogP contribution < -0.4 is 5.32 Å². The van der Waals surface area contributed by atoms with E-state index in [4.69, 9.17) is 0 Å². The molecule has 24 heavy (non-hydrogen) atoms. The Labute approximate surface area is 137 Å². The zero-order valence-electron chi connectivity index (χ0n) is 13.3. The van der Waals surface area contributed by atoms with Gasteiger partial charge in [-0.25, -0.2) is 0 Å². The Morgan fingerprint density at radius 2 is 1.58 bits per heavy atom. The second-order valence-electron chi connectivity index (χ2n) is 5.37. The summed E-state index contributed by atoms with van der Waals surface area (Å²) in [5.74, 6) is -0.628. The van der Waals surface area contributed by atoms with Crippen LogP contribution in [0.5, 0.6) is 0 Å². The molecule has 1 amide bonds. The Morgan fingerprint density at radius 1 is 1.00 bits per heavy atom. The van der Waals surface area contributed by atoms with E-state index in [1.807, 2.05) is 32.0 Å². The molecule has 2 rings (SSSR count). The van der Waals surface area contributed by atoms with Crippen LogP contribution >= 0.6 is 0 Å². The minimum Gasteiger partial charge on any atom is -0.321 e. The number of rotatable bonds is 4. The van der Waals surface area contributed by atoms with Crippen molar-refractivity contribution in [3.63, 3.8) is 0 Å². The van der Waals surface area contributed by atoms with Gasteiger partial charge in [-0.2, -0.15) is 0 Å². The van der Waals surface area contributed by atoms with Crippen LogP contribution in [0, 0.1) is 41.0 Å². The van der Waals surface area contributed by atoms with E-state index in [0.29, 0.717) is 5.69 Å². The maximum atomic E-state index is 12.5. The number of nitrogens with one attached hydrogen (secondary N) is 1. The highest BCUT2D eigenvalue weighted by molar-refractivity contribution is 6.07. The van der Waals surface area contributed by atoms with Crippen molar-refractivity contribution in [2.75, 3.05) is 5.32 Å². The molecule has 8 nitrogen and oxygen atoms in total. The molecule has 0 unspecified atom stereocenters. The summed E-state index contributed by atoms with van der Waals surface area (Å²) in [4.78, 5) is 33.1. The molecule has 2 aromatic carbocycles. The molecule has 0 aromatic heterocycles. The minimum absolute atomic E-state index is 0.0781. The number of nitrogens with zero attached hydrogens (tertiary/aromatic N) is 2. The van der Waals surface area contributed by atoms with Crippen LogP contribution in [0.2, 0.25) is 0 Å². The zero-order chi connectivity index (χ0) is 18.0. The van der Waals surface area contributed by atoms with E-state index in [1.165, 1.54) is 6.92 Å². The third-order valence-electron chi connectivity index (χ3n) is 3.74. The maximum absolute atomic E-state index is 12.5. The summed E-state index contributed by atoms with van der Waals surface area (Å²) in [6.45, 7) is 5.01. The number of anilines is 1.